The first-order valence-electron chi connectivity index (χ1n) is 9.33. The maximum absolute atomic E-state index is 11.8. The van der Waals surface area contributed by atoms with E-state index in [4.69, 9.17) is 0 Å². The van der Waals surface area contributed by atoms with Gasteiger partial charge < -0.3 is 5.32 Å². The van der Waals surface area contributed by atoms with Crippen molar-refractivity contribution in [1.82, 2.24) is 25.8 Å². The van der Waals surface area contributed by atoms with Gasteiger partial charge in [-0.15, -0.1) is 5.10 Å². The molecule has 0 spiro atoms. The highest BCUT2D eigenvalue weighted by molar-refractivity contribution is 7.99. The number of nitrogens with one attached hydrogen (secondary N) is 3. The molecule has 0 bridgehead atoms. The molecule has 0 aromatic carbocycles. The maximum Gasteiger partial charge on any atom is 0.321 e. The van der Waals surface area contributed by atoms with Gasteiger partial charge in [-0.2, -0.15) is 0 Å². The highest BCUT2D eigenvalue weighted by atomic mass is 32.2. The third-order valence-corrected chi connectivity index (χ3v) is 5.82. The maximum atomic E-state index is 11.8. The van der Waals surface area contributed by atoms with Gasteiger partial charge in [-0.25, -0.2) is 9.78 Å². The van der Waals surface area contributed by atoms with Crippen LogP contribution >= 0.6 is 11.8 Å². The summed E-state index contributed by atoms with van der Waals surface area (Å²) in [6.45, 7) is 0. The fourth-order valence-electron chi connectivity index (χ4n) is 3.64. The van der Waals surface area contributed by atoms with E-state index in [2.05, 4.69) is 25.8 Å². The van der Waals surface area contributed by atoms with Crippen LogP contribution in [0.4, 0.5) is 4.79 Å². The second-order valence-electron chi connectivity index (χ2n) is 7.02. The Morgan fingerprint density at radius 2 is 1.84 bits per heavy atom. The van der Waals surface area contributed by atoms with Crippen LogP contribution in [0, 0.1) is 5.92 Å². The van der Waals surface area contributed by atoms with Crippen molar-refractivity contribution in [3.63, 3.8) is 0 Å². The molecule has 8 heteroatoms. The van der Waals surface area contributed by atoms with Crippen LogP contribution in [0.3, 0.4) is 0 Å². The predicted molar refractivity (Wildman–Crippen MR) is 96.3 cm³/mol. The number of hydrogen-bond acceptors (Lipinski definition) is 5. The van der Waals surface area contributed by atoms with Gasteiger partial charge in [0.05, 0.1) is 0 Å². The lowest BCUT2D eigenvalue weighted by atomic mass is 10.0. The summed E-state index contributed by atoms with van der Waals surface area (Å²) in [6.07, 6.45) is 10.8. The van der Waals surface area contributed by atoms with E-state index < -0.39 is 0 Å². The van der Waals surface area contributed by atoms with Crippen LogP contribution in [0.2, 0.25) is 0 Å². The molecule has 0 radical (unpaired) electrons. The minimum Gasteiger partial charge on any atom is -0.335 e. The lowest BCUT2D eigenvalue weighted by molar-refractivity contribution is -0.119. The lowest BCUT2D eigenvalue weighted by Crippen LogP contribution is -2.43. The van der Waals surface area contributed by atoms with Crippen molar-refractivity contribution in [2.75, 3.05) is 5.75 Å². The summed E-state index contributed by atoms with van der Waals surface area (Å²) in [4.78, 5) is 28.0. The molecule has 0 unspecified atom stereocenters. The van der Waals surface area contributed by atoms with Gasteiger partial charge in [0.15, 0.2) is 0 Å². The number of aromatic nitrogens is 3. The number of carbonyl (C=O) groups excluding carboxylic acids is 2. The molecular weight excluding hydrogens is 338 g/mol. The fourth-order valence-corrected chi connectivity index (χ4v) is 4.39. The van der Waals surface area contributed by atoms with Crippen molar-refractivity contribution in [1.29, 1.82) is 0 Å². The van der Waals surface area contributed by atoms with Crippen molar-refractivity contribution >= 4 is 23.7 Å². The third kappa shape index (κ3) is 6.02. The molecule has 2 fully saturated rings. The Bertz CT molecular complexity index is 579. The van der Waals surface area contributed by atoms with Gasteiger partial charge in [0.2, 0.25) is 11.1 Å². The average molecular weight is 366 g/mol. The minimum atomic E-state index is -0.376. The van der Waals surface area contributed by atoms with E-state index >= 15 is 0 Å². The molecule has 2 aliphatic rings. The van der Waals surface area contributed by atoms with Gasteiger partial charge in [-0.05, 0) is 18.8 Å². The Morgan fingerprint density at radius 3 is 2.60 bits per heavy atom. The first-order valence-corrected chi connectivity index (χ1v) is 10.3. The predicted octanol–water partition coefficient (Wildman–Crippen LogP) is 2.79. The Balaban J connectivity index is 1.31. The molecular formula is C17H27N5O2S. The lowest BCUT2D eigenvalue weighted by Gasteiger charge is -2.11. The molecule has 2 saturated carbocycles. The van der Waals surface area contributed by atoms with E-state index in [9.17, 15) is 9.59 Å². The zero-order valence-electron chi connectivity index (χ0n) is 14.6. The van der Waals surface area contributed by atoms with Crippen LogP contribution in [0.25, 0.3) is 0 Å². The minimum absolute atomic E-state index is 0.216. The summed E-state index contributed by atoms with van der Waals surface area (Å²) < 4.78 is 0. The summed E-state index contributed by atoms with van der Waals surface area (Å²) in [7, 11) is 0. The fraction of sp³-hybridized carbons (Fsp3) is 0.765. The van der Waals surface area contributed by atoms with Gasteiger partial charge in [-0.1, -0.05) is 50.3 Å². The third-order valence-electron chi connectivity index (χ3n) is 4.97. The van der Waals surface area contributed by atoms with Crippen LogP contribution in [-0.2, 0) is 11.2 Å². The Labute approximate surface area is 152 Å². The van der Waals surface area contributed by atoms with E-state index in [-0.39, 0.29) is 24.4 Å². The number of imide groups is 1. The molecule has 3 rings (SSSR count). The Hall–Kier alpha value is -1.57. The summed E-state index contributed by atoms with van der Waals surface area (Å²) in [5.41, 5.74) is 0. The van der Waals surface area contributed by atoms with E-state index in [1.807, 2.05) is 0 Å². The number of amides is 3. The number of H-pyrrole nitrogens is 1. The summed E-state index contributed by atoms with van der Waals surface area (Å²) in [6, 6.07) is -0.160. The number of urea groups is 1. The molecule has 1 heterocycles. The quantitative estimate of drug-likeness (QED) is 0.645. The number of thioether (sulfide) groups is 1. The second-order valence-corrected chi connectivity index (χ2v) is 8.08. The van der Waals surface area contributed by atoms with Gasteiger partial charge >= 0.3 is 6.03 Å². The number of aromatic amines is 1. The number of hydrogen-bond donors (Lipinski definition) is 3. The van der Waals surface area contributed by atoms with E-state index in [1.54, 1.807) is 0 Å². The summed E-state index contributed by atoms with van der Waals surface area (Å²) in [5.74, 6) is 1.97. The monoisotopic (exact) mass is 365 g/mol. The second kappa shape index (κ2) is 9.22. The molecule has 0 saturated heterocycles. The zero-order valence-corrected chi connectivity index (χ0v) is 15.4. The summed E-state index contributed by atoms with van der Waals surface area (Å²) in [5, 5.41) is 13.1. The highest BCUT2D eigenvalue weighted by Crippen LogP contribution is 2.27. The molecule has 7 nitrogen and oxygen atoms in total. The van der Waals surface area contributed by atoms with Gasteiger partial charge in [0.1, 0.15) is 5.82 Å². The van der Waals surface area contributed by atoms with E-state index in [0.717, 1.165) is 43.8 Å². The van der Waals surface area contributed by atoms with Crippen LogP contribution in [0.15, 0.2) is 5.16 Å². The zero-order chi connectivity index (χ0) is 17.5. The highest BCUT2D eigenvalue weighted by Gasteiger charge is 2.19. The topological polar surface area (TPSA) is 99.8 Å². The van der Waals surface area contributed by atoms with Crippen molar-refractivity contribution in [2.24, 2.45) is 5.92 Å². The standard InChI is InChI=1S/C17H27N5O2S/c23-15(20-16(24)18-13-7-3-4-8-13)9-10-25-17-19-14(21-22-17)11-12-5-1-2-6-12/h12-13H,1-11H2,(H,19,21,22)(H2,18,20,23,24). The summed E-state index contributed by atoms with van der Waals surface area (Å²) >= 11 is 1.44. The van der Waals surface area contributed by atoms with Crippen molar-refractivity contribution < 1.29 is 9.59 Å². The molecule has 25 heavy (non-hydrogen) atoms. The number of carbonyl (C=O) groups is 2. The van der Waals surface area contributed by atoms with Crippen LogP contribution in [-0.4, -0.2) is 38.9 Å². The largest absolute Gasteiger partial charge is 0.335 e. The Kier molecular flexibility index (Phi) is 6.72. The van der Waals surface area contributed by atoms with Crippen molar-refractivity contribution in [3.05, 3.63) is 5.82 Å². The normalized spacial score (nSPS) is 18.6. The molecule has 3 amide bonds. The number of rotatable bonds is 7. The average Bonchev–Trinajstić information content (AvgIpc) is 3.31. The Morgan fingerprint density at radius 1 is 1.12 bits per heavy atom. The van der Waals surface area contributed by atoms with Crippen molar-refractivity contribution in [3.8, 4) is 0 Å². The molecule has 0 aliphatic heterocycles. The van der Waals surface area contributed by atoms with Gasteiger partial charge in [-0.3, -0.25) is 15.2 Å². The molecule has 138 valence electrons. The van der Waals surface area contributed by atoms with Gasteiger partial charge in [0.25, 0.3) is 0 Å². The molecule has 1 aromatic rings. The van der Waals surface area contributed by atoms with Crippen LogP contribution in [0.5, 0.6) is 0 Å². The molecule has 3 N–H and O–H groups in total. The molecule has 2 aliphatic carbocycles. The molecule has 0 atom stereocenters. The first-order chi connectivity index (χ1) is 12.2. The first kappa shape index (κ1) is 18.2. The number of nitrogens with zero attached hydrogens (tertiary/aromatic N) is 2. The van der Waals surface area contributed by atoms with E-state index in [0.29, 0.717) is 10.9 Å². The van der Waals surface area contributed by atoms with Crippen molar-refractivity contribution in [2.45, 2.75) is 75.4 Å². The van der Waals surface area contributed by atoms with E-state index in [1.165, 1.54) is 37.4 Å². The SMILES string of the molecule is O=C(CCSc1n[nH]c(CC2CCCC2)n1)NC(=O)NC1CCCC1. The van der Waals surface area contributed by atoms with Crippen LogP contribution in [0.1, 0.15) is 63.6 Å². The smallest absolute Gasteiger partial charge is 0.321 e. The molecule has 1 aromatic heterocycles. The van der Waals surface area contributed by atoms with Gasteiger partial charge in [0, 0.05) is 24.6 Å². The van der Waals surface area contributed by atoms with Crippen LogP contribution < -0.4 is 10.6 Å².